The van der Waals surface area contributed by atoms with Crippen molar-refractivity contribution in [3.05, 3.63) is 0 Å². The zero-order valence-corrected chi connectivity index (χ0v) is 5.77. The van der Waals surface area contributed by atoms with Crippen LogP contribution in [-0.4, -0.2) is 18.3 Å². The van der Waals surface area contributed by atoms with Gasteiger partial charge in [-0.15, -0.1) is 12.4 Å². The van der Waals surface area contributed by atoms with E-state index in [9.17, 15) is 0 Å². The third kappa shape index (κ3) is 2.42. The van der Waals surface area contributed by atoms with Crippen molar-refractivity contribution in [3.63, 3.8) is 0 Å². The van der Waals surface area contributed by atoms with E-state index in [0.29, 0.717) is 5.25 Å². The zero-order chi connectivity index (χ0) is 4.41. The topological polar surface area (TPSA) is 12.0 Å². The average molecular weight is 140 g/mol. The number of nitrogens with one attached hydrogen (secondary N) is 1. The van der Waals surface area contributed by atoms with E-state index in [-0.39, 0.29) is 12.4 Å². The van der Waals surface area contributed by atoms with Crippen LogP contribution in [0.4, 0.5) is 0 Å². The van der Waals surface area contributed by atoms with E-state index in [4.69, 9.17) is 0 Å². The SMILES string of the molecule is Cl.S[C@H]1CCNC1. The molecule has 0 aromatic rings. The van der Waals surface area contributed by atoms with Gasteiger partial charge in [0.2, 0.25) is 0 Å². The van der Waals surface area contributed by atoms with E-state index in [1.807, 2.05) is 0 Å². The Bertz CT molecular complexity index is 45.0. The maximum absolute atomic E-state index is 4.23. The van der Waals surface area contributed by atoms with E-state index in [0.717, 1.165) is 13.1 Å². The van der Waals surface area contributed by atoms with E-state index >= 15 is 0 Å². The molecule has 0 spiro atoms. The van der Waals surface area contributed by atoms with Crippen LogP contribution in [0.25, 0.3) is 0 Å². The molecule has 1 atom stereocenters. The summed E-state index contributed by atoms with van der Waals surface area (Å²) < 4.78 is 0. The quantitative estimate of drug-likeness (QED) is 0.471. The molecular weight excluding hydrogens is 130 g/mol. The summed E-state index contributed by atoms with van der Waals surface area (Å²) in [5, 5.41) is 3.83. The minimum absolute atomic E-state index is 0. The van der Waals surface area contributed by atoms with Gasteiger partial charge >= 0.3 is 0 Å². The smallest absolute Gasteiger partial charge is 0.0154 e. The molecule has 0 unspecified atom stereocenters. The number of hydrogen-bond donors (Lipinski definition) is 2. The number of rotatable bonds is 0. The molecule has 0 aliphatic carbocycles. The van der Waals surface area contributed by atoms with E-state index in [1.54, 1.807) is 0 Å². The van der Waals surface area contributed by atoms with Crippen LogP contribution >= 0.6 is 25.0 Å². The van der Waals surface area contributed by atoms with Gasteiger partial charge in [-0.05, 0) is 13.0 Å². The summed E-state index contributed by atoms with van der Waals surface area (Å²) in [5.74, 6) is 0. The molecule has 7 heavy (non-hydrogen) atoms. The molecule has 0 aromatic heterocycles. The first-order chi connectivity index (χ1) is 2.89. The van der Waals surface area contributed by atoms with Gasteiger partial charge in [0, 0.05) is 11.8 Å². The van der Waals surface area contributed by atoms with Crippen molar-refractivity contribution in [1.82, 2.24) is 5.32 Å². The average Bonchev–Trinajstić information content (AvgIpc) is 1.86. The molecule has 1 N–H and O–H groups in total. The van der Waals surface area contributed by atoms with Gasteiger partial charge in [0.25, 0.3) is 0 Å². The van der Waals surface area contributed by atoms with E-state index in [1.165, 1.54) is 6.42 Å². The van der Waals surface area contributed by atoms with Gasteiger partial charge in [-0.3, -0.25) is 0 Å². The lowest BCUT2D eigenvalue weighted by molar-refractivity contribution is 0.859. The summed E-state index contributed by atoms with van der Waals surface area (Å²) in [6, 6.07) is 0. The molecule has 1 fully saturated rings. The molecule has 1 aliphatic rings. The molecule has 0 aromatic carbocycles. The summed E-state index contributed by atoms with van der Waals surface area (Å²) in [6.45, 7) is 2.26. The first-order valence-corrected chi connectivity index (χ1v) is 2.80. The highest BCUT2D eigenvalue weighted by Crippen LogP contribution is 2.02. The van der Waals surface area contributed by atoms with Crippen molar-refractivity contribution < 1.29 is 0 Å². The van der Waals surface area contributed by atoms with Crippen LogP contribution in [0.3, 0.4) is 0 Å². The molecule has 1 nitrogen and oxygen atoms in total. The summed E-state index contributed by atoms with van der Waals surface area (Å²) in [5.41, 5.74) is 0. The van der Waals surface area contributed by atoms with Crippen LogP contribution in [0, 0.1) is 0 Å². The lowest BCUT2D eigenvalue weighted by Gasteiger charge is -1.89. The Morgan fingerprint density at radius 1 is 1.57 bits per heavy atom. The summed E-state index contributed by atoms with van der Waals surface area (Å²) in [4.78, 5) is 0. The lowest BCUT2D eigenvalue weighted by Crippen LogP contribution is -2.07. The summed E-state index contributed by atoms with van der Waals surface area (Å²) in [6.07, 6.45) is 1.24. The first-order valence-electron chi connectivity index (χ1n) is 2.28. The molecule has 44 valence electrons. The molecule has 0 radical (unpaired) electrons. The second-order valence-corrected chi connectivity index (χ2v) is 2.38. The van der Waals surface area contributed by atoms with Crippen LogP contribution < -0.4 is 5.32 Å². The molecule has 1 rings (SSSR count). The fraction of sp³-hybridized carbons (Fsp3) is 1.00. The van der Waals surface area contributed by atoms with E-state index < -0.39 is 0 Å². The molecule has 3 heteroatoms. The van der Waals surface area contributed by atoms with Crippen molar-refractivity contribution in [2.24, 2.45) is 0 Å². The van der Waals surface area contributed by atoms with Gasteiger partial charge < -0.3 is 5.32 Å². The fourth-order valence-corrected chi connectivity index (χ4v) is 0.898. The second kappa shape index (κ2) is 3.58. The van der Waals surface area contributed by atoms with Gasteiger partial charge in [-0.25, -0.2) is 0 Å². The molecule has 0 saturated carbocycles. The Kier molecular flexibility index (Phi) is 3.89. The van der Waals surface area contributed by atoms with Crippen molar-refractivity contribution in [2.75, 3.05) is 13.1 Å². The minimum atomic E-state index is 0. The van der Waals surface area contributed by atoms with Gasteiger partial charge in [0.05, 0.1) is 0 Å². The van der Waals surface area contributed by atoms with Crippen molar-refractivity contribution >= 4 is 25.0 Å². The van der Waals surface area contributed by atoms with Gasteiger partial charge in [-0.2, -0.15) is 12.6 Å². The first kappa shape index (κ1) is 7.60. The Morgan fingerprint density at radius 2 is 2.29 bits per heavy atom. The molecule has 0 bridgehead atoms. The van der Waals surface area contributed by atoms with Crippen LogP contribution in [0.1, 0.15) is 6.42 Å². The third-order valence-corrected chi connectivity index (χ3v) is 1.48. The van der Waals surface area contributed by atoms with Crippen LogP contribution in [0.2, 0.25) is 0 Å². The Labute approximate surface area is 55.7 Å². The normalized spacial score (nSPS) is 29.6. The highest BCUT2D eigenvalue weighted by molar-refractivity contribution is 7.81. The molecule has 1 aliphatic heterocycles. The van der Waals surface area contributed by atoms with Crippen molar-refractivity contribution in [3.8, 4) is 0 Å². The second-order valence-electron chi connectivity index (χ2n) is 1.65. The van der Waals surface area contributed by atoms with Crippen molar-refractivity contribution in [2.45, 2.75) is 11.7 Å². The zero-order valence-electron chi connectivity index (χ0n) is 4.05. The van der Waals surface area contributed by atoms with Crippen LogP contribution in [-0.2, 0) is 0 Å². The predicted molar refractivity (Wildman–Crippen MR) is 37.5 cm³/mol. The maximum atomic E-state index is 4.23. The highest BCUT2D eigenvalue weighted by atomic mass is 35.5. The highest BCUT2D eigenvalue weighted by Gasteiger charge is 2.07. The van der Waals surface area contributed by atoms with Crippen LogP contribution in [0.15, 0.2) is 0 Å². The molecule has 1 saturated heterocycles. The number of halogens is 1. The third-order valence-electron chi connectivity index (χ3n) is 1.03. The standard InChI is InChI=1S/C4H9NS.ClH/c6-4-1-2-5-3-4;/h4-6H,1-3H2;1H/t4-;/m0./s1. The van der Waals surface area contributed by atoms with E-state index in [2.05, 4.69) is 17.9 Å². The monoisotopic (exact) mass is 139 g/mol. The molecule has 0 amide bonds. The lowest BCUT2D eigenvalue weighted by atomic mass is 10.4. The minimum Gasteiger partial charge on any atom is -0.316 e. The largest absolute Gasteiger partial charge is 0.316 e. The number of thiol groups is 1. The van der Waals surface area contributed by atoms with Gasteiger partial charge in [-0.1, -0.05) is 0 Å². The van der Waals surface area contributed by atoms with Gasteiger partial charge in [0.1, 0.15) is 0 Å². The number of hydrogen-bond acceptors (Lipinski definition) is 2. The summed E-state index contributed by atoms with van der Waals surface area (Å²) in [7, 11) is 0. The fourth-order valence-electron chi connectivity index (χ4n) is 0.639. The Morgan fingerprint density at radius 3 is 2.43 bits per heavy atom. The Balaban J connectivity index is 0.000000360. The Hall–Kier alpha value is 0.600. The van der Waals surface area contributed by atoms with Crippen molar-refractivity contribution in [1.29, 1.82) is 0 Å². The molecular formula is C4H10ClNS. The molecule has 1 heterocycles. The van der Waals surface area contributed by atoms with Gasteiger partial charge in [0.15, 0.2) is 0 Å². The predicted octanol–water partition coefficient (Wildman–Crippen LogP) is 0.700. The van der Waals surface area contributed by atoms with Crippen LogP contribution in [0.5, 0.6) is 0 Å². The maximum Gasteiger partial charge on any atom is 0.0154 e. The summed E-state index contributed by atoms with van der Waals surface area (Å²) >= 11 is 4.23.